The molecule has 19 heavy (non-hydrogen) atoms. The summed E-state index contributed by atoms with van der Waals surface area (Å²) in [7, 11) is 1.88. The number of aryl methyl sites for hydroxylation is 1. The molecule has 0 aromatic carbocycles. The smallest absolute Gasteiger partial charge is 0.227 e. The number of rotatable bonds is 5. The Labute approximate surface area is 120 Å². The third-order valence-electron chi connectivity index (χ3n) is 2.86. The molecule has 0 fully saturated rings. The highest BCUT2D eigenvalue weighted by atomic mass is 35.5. The summed E-state index contributed by atoms with van der Waals surface area (Å²) in [6.45, 7) is 2.47. The predicted octanol–water partition coefficient (Wildman–Crippen LogP) is 1.78. The summed E-state index contributed by atoms with van der Waals surface area (Å²) in [5, 5.41) is 9.67. The van der Waals surface area contributed by atoms with Crippen molar-refractivity contribution in [1.29, 1.82) is 0 Å². The van der Waals surface area contributed by atoms with Crippen molar-refractivity contribution >= 4 is 28.8 Å². The van der Waals surface area contributed by atoms with Crippen LogP contribution in [0.2, 0.25) is 0 Å². The zero-order valence-corrected chi connectivity index (χ0v) is 12.4. The molecular formula is C12H15ClN4OS. The Morgan fingerprint density at radius 1 is 1.58 bits per heavy atom. The van der Waals surface area contributed by atoms with E-state index >= 15 is 0 Å². The second-order valence-corrected chi connectivity index (χ2v) is 5.41. The summed E-state index contributed by atoms with van der Waals surface area (Å²) in [5.74, 6) is 0.339. The quantitative estimate of drug-likeness (QED) is 0.856. The summed E-state index contributed by atoms with van der Waals surface area (Å²) in [5.41, 5.74) is 2.90. The molecule has 102 valence electrons. The van der Waals surface area contributed by atoms with Crippen molar-refractivity contribution in [2.24, 2.45) is 7.05 Å². The van der Waals surface area contributed by atoms with E-state index in [2.05, 4.69) is 15.4 Å². The Kier molecular flexibility index (Phi) is 4.55. The molecule has 2 heterocycles. The van der Waals surface area contributed by atoms with Gasteiger partial charge in [0.1, 0.15) is 5.01 Å². The maximum Gasteiger partial charge on any atom is 0.227 e. The fourth-order valence-corrected chi connectivity index (χ4v) is 2.62. The van der Waals surface area contributed by atoms with Crippen LogP contribution in [-0.4, -0.2) is 20.7 Å². The number of carbonyl (C=O) groups excluding carboxylic acids is 1. The van der Waals surface area contributed by atoms with Gasteiger partial charge in [0.2, 0.25) is 5.91 Å². The molecule has 2 rings (SSSR count). The molecule has 0 aliphatic heterocycles. The van der Waals surface area contributed by atoms with Crippen LogP contribution in [0.15, 0.2) is 11.6 Å². The van der Waals surface area contributed by atoms with Gasteiger partial charge < -0.3 is 5.32 Å². The highest BCUT2D eigenvalue weighted by Crippen LogP contribution is 2.12. The van der Waals surface area contributed by atoms with E-state index in [1.807, 2.05) is 19.4 Å². The lowest BCUT2D eigenvalue weighted by molar-refractivity contribution is -0.120. The Hall–Kier alpha value is -1.40. The van der Waals surface area contributed by atoms with Crippen LogP contribution in [0.1, 0.15) is 22.0 Å². The maximum absolute atomic E-state index is 11.8. The monoisotopic (exact) mass is 298 g/mol. The Morgan fingerprint density at radius 2 is 2.37 bits per heavy atom. The normalized spacial score (nSPS) is 10.7. The maximum atomic E-state index is 11.8. The summed E-state index contributed by atoms with van der Waals surface area (Å²) in [4.78, 5) is 16.1. The number of hydrogen-bond donors (Lipinski definition) is 1. The van der Waals surface area contributed by atoms with E-state index in [1.165, 1.54) is 11.3 Å². The van der Waals surface area contributed by atoms with Gasteiger partial charge in [0.25, 0.3) is 0 Å². The molecule has 0 saturated carbocycles. The summed E-state index contributed by atoms with van der Waals surface area (Å²) in [6, 6.07) is 0. The molecule has 0 atom stereocenters. The van der Waals surface area contributed by atoms with Crippen LogP contribution in [0.4, 0.5) is 0 Å². The van der Waals surface area contributed by atoms with E-state index < -0.39 is 0 Å². The van der Waals surface area contributed by atoms with Gasteiger partial charge in [-0.25, -0.2) is 4.98 Å². The minimum absolute atomic E-state index is 0.0428. The van der Waals surface area contributed by atoms with Crippen LogP contribution in [0.5, 0.6) is 0 Å². The predicted molar refractivity (Wildman–Crippen MR) is 75.2 cm³/mol. The first-order valence-electron chi connectivity index (χ1n) is 5.83. The number of alkyl halides is 1. The van der Waals surface area contributed by atoms with Crippen molar-refractivity contribution < 1.29 is 4.79 Å². The Morgan fingerprint density at radius 3 is 2.95 bits per heavy atom. The molecule has 0 bridgehead atoms. The zero-order chi connectivity index (χ0) is 13.8. The molecule has 2 aromatic heterocycles. The van der Waals surface area contributed by atoms with E-state index in [0.29, 0.717) is 18.8 Å². The van der Waals surface area contributed by atoms with E-state index in [0.717, 1.165) is 22.0 Å². The second kappa shape index (κ2) is 6.16. The first-order valence-corrected chi connectivity index (χ1v) is 7.25. The van der Waals surface area contributed by atoms with E-state index in [1.54, 1.807) is 10.9 Å². The molecule has 0 spiro atoms. The summed E-state index contributed by atoms with van der Waals surface area (Å²) in [6.07, 6.45) is 2.06. The van der Waals surface area contributed by atoms with Gasteiger partial charge in [0.05, 0.1) is 24.2 Å². The first-order chi connectivity index (χ1) is 9.10. The standard InChI is InChI=1S/C12H15ClN4OS/c1-8-9(6-15-17(8)2)5-14-11(18)3-12-16-10(4-13)7-19-12/h6-7H,3-5H2,1-2H3,(H,14,18). The van der Waals surface area contributed by atoms with Gasteiger partial charge in [-0.05, 0) is 6.92 Å². The molecule has 0 aliphatic carbocycles. The lowest BCUT2D eigenvalue weighted by Gasteiger charge is -2.03. The summed E-state index contributed by atoms with van der Waals surface area (Å²) < 4.78 is 1.79. The largest absolute Gasteiger partial charge is 0.352 e. The van der Waals surface area contributed by atoms with Crippen molar-refractivity contribution in [1.82, 2.24) is 20.1 Å². The SMILES string of the molecule is Cc1c(CNC(=O)Cc2nc(CCl)cs2)cnn1C. The number of hydrogen-bond acceptors (Lipinski definition) is 4. The third kappa shape index (κ3) is 3.54. The molecule has 0 saturated heterocycles. The number of nitrogens with one attached hydrogen (secondary N) is 1. The number of thiazole rings is 1. The van der Waals surface area contributed by atoms with E-state index in [9.17, 15) is 4.79 Å². The fraction of sp³-hybridized carbons (Fsp3) is 0.417. The van der Waals surface area contributed by atoms with Crippen molar-refractivity contribution in [3.8, 4) is 0 Å². The molecule has 1 amide bonds. The van der Waals surface area contributed by atoms with Gasteiger partial charge in [0, 0.05) is 30.2 Å². The molecule has 0 unspecified atom stereocenters. The number of halogens is 1. The second-order valence-electron chi connectivity index (χ2n) is 4.20. The van der Waals surface area contributed by atoms with Crippen LogP contribution < -0.4 is 5.32 Å². The molecular weight excluding hydrogens is 284 g/mol. The van der Waals surface area contributed by atoms with Crippen LogP contribution >= 0.6 is 22.9 Å². The van der Waals surface area contributed by atoms with Gasteiger partial charge in [0.15, 0.2) is 0 Å². The van der Waals surface area contributed by atoms with Gasteiger partial charge in [-0.15, -0.1) is 22.9 Å². The third-order valence-corrected chi connectivity index (χ3v) is 4.03. The number of amides is 1. The Bertz CT molecular complexity index is 578. The number of aromatic nitrogens is 3. The zero-order valence-electron chi connectivity index (χ0n) is 10.8. The van der Waals surface area contributed by atoms with Crippen LogP contribution in [0, 0.1) is 6.92 Å². The van der Waals surface area contributed by atoms with Gasteiger partial charge in [-0.1, -0.05) is 0 Å². The summed E-state index contributed by atoms with van der Waals surface area (Å²) >= 11 is 7.13. The van der Waals surface area contributed by atoms with Crippen molar-refractivity contribution in [3.05, 3.63) is 33.5 Å². The average molecular weight is 299 g/mol. The molecule has 0 radical (unpaired) electrons. The average Bonchev–Trinajstić information content (AvgIpc) is 2.96. The van der Waals surface area contributed by atoms with Crippen molar-refractivity contribution in [2.75, 3.05) is 0 Å². The van der Waals surface area contributed by atoms with Crippen LogP contribution in [0.3, 0.4) is 0 Å². The number of nitrogens with zero attached hydrogens (tertiary/aromatic N) is 3. The van der Waals surface area contributed by atoms with Gasteiger partial charge in [-0.2, -0.15) is 5.10 Å². The van der Waals surface area contributed by atoms with Crippen LogP contribution in [0.25, 0.3) is 0 Å². The molecule has 5 nitrogen and oxygen atoms in total. The molecule has 0 aliphatic rings. The lowest BCUT2D eigenvalue weighted by Crippen LogP contribution is -2.24. The number of carbonyl (C=O) groups is 1. The van der Waals surface area contributed by atoms with Gasteiger partial charge in [-0.3, -0.25) is 9.48 Å². The van der Waals surface area contributed by atoms with Crippen molar-refractivity contribution in [2.45, 2.75) is 25.8 Å². The Balaban J connectivity index is 1.86. The minimum atomic E-state index is -0.0428. The van der Waals surface area contributed by atoms with Crippen molar-refractivity contribution in [3.63, 3.8) is 0 Å². The molecule has 7 heteroatoms. The van der Waals surface area contributed by atoms with E-state index in [-0.39, 0.29) is 5.91 Å². The minimum Gasteiger partial charge on any atom is -0.352 e. The van der Waals surface area contributed by atoms with Crippen LogP contribution in [-0.2, 0) is 30.7 Å². The highest BCUT2D eigenvalue weighted by molar-refractivity contribution is 7.09. The topological polar surface area (TPSA) is 59.8 Å². The lowest BCUT2D eigenvalue weighted by atomic mass is 10.2. The van der Waals surface area contributed by atoms with Gasteiger partial charge >= 0.3 is 0 Å². The van der Waals surface area contributed by atoms with E-state index in [4.69, 9.17) is 11.6 Å². The molecule has 1 N–H and O–H groups in total. The fourth-order valence-electron chi connectivity index (χ4n) is 1.60. The highest BCUT2D eigenvalue weighted by Gasteiger charge is 2.09. The first kappa shape index (κ1) is 14.0. The molecule has 2 aromatic rings.